The highest BCUT2D eigenvalue weighted by Gasteiger charge is 2.25. The average molecular weight is 450 g/mol. The van der Waals surface area contributed by atoms with E-state index >= 15 is 0 Å². The molecule has 1 aliphatic carbocycles. The van der Waals surface area contributed by atoms with E-state index in [9.17, 15) is 5.26 Å². The lowest BCUT2D eigenvalue weighted by molar-refractivity contribution is -0.660. The number of fused-ring (bicyclic) bond motifs is 3. The number of nitrogens with zero attached hydrogens (tertiary/aromatic N) is 2. The molecule has 0 spiro atoms. The molecule has 3 heteroatoms. The Bertz CT molecular complexity index is 1890. The molecule has 3 aromatic carbocycles. The molecule has 6 rings (SSSR count). The largest absolute Gasteiger partial charge is 0.454 e. The van der Waals surface area contributed by atoms with Crippen molar-refractivity contribution in [2.75, 3.05) is 0 Å². The zero-order chi connectivity index (χ0) is 28.5. The number of aryl methyl sites for hydroxylation is 2. The maximum atomic E-state index is 10.0. The second-order valence-electron chi connectivity index (χ2n) is 8.94. The summed E-state index contributed by atoms with van der Waals surface area (Å²) in [7, 11) is 1.95. The summed E-state index contributed by atoms with van der Waals surface area (Å²) < 4.78 is 59.1. The zero-order valence-corrected chi connectivity index (χ0v) is 19.2. The van der Waals surface area contributed by atoms with Gasteiger partial charge in [-0.15, -0.1) is 0 Å². The quantitative estimate of drug-likeness (QED) is 0.266. The van der Waals surface area contributed by atoms with Gasteiger partial charge in [0.1, 0.15) is 18.2 Å². The number of aromatic nitrogens is 1. The van der Waals surface area contributed by atoms with Crippen molar-refractivity contribution in [1.82, 2.24) is 0 Å². The van der Waals surface area contributed by atoms with Crippen LogP contribution in [0.15, 0.2) is 77.2 Å². The number of pyridine rings is 1. The lowest BCUT2D eigenvalue weighted by atomic mass is 9.94. The summed E-state index contributed by atoms with van der Waals surface area (Å²) in [5, 5.41) is 11.2. The van der Waals surface area contributed by atoms with E-state index in [2.05, 4.69) is 12.1 Å². The second kappa shape index (κ2) is 8.15. The fourth-order valence-corrected chi connectivity index (χ4v) is 5.16. The maximum absolute atomic E-state index is 10.0. The molecule has 0 radical (unpaired) electrons. The molecule has 1 fully saturated rings. The van der Waals surface area contributed by atoms with Crippen LogP contribution in [-0.4, -0.2) is 0 Å². The minimum Gasteiger partial charge on any atom is -0.454 e. The van der Waals surface area contributed by atoms with E-state index < -0.39 is 24.0 Å². The molecular formula is C31H27N2O+. The van der Waals surface area contributed by atoms with Crippen molar-refractivity contribution in [3.63, 3.8) is 0 Å². The number of rotatable bonds is 3. The van der Waals surface area contributed by atoms with Crippen molar-refractivity contribution in [3.05, 3.63) is 89.5 Å². The van der Waals surface area contributed by atoms with Gasteiger partial charge in [0, 0.05) is 29.8 Å². The fraction of sp³-hybridized carbons (Fsp3) is 0.226. The summed E-state index contributed by atoms with van der Waals surface area (Å²) in [5.41, 5.74) is 5.19. The van der Waals surface area contributed by atoms with E-state index in [0.29, 0.717) is 33.1 Å². The van der Waals surface area contributed by atoms with Crippen LogP contribution in [0, 0.1) is 18.3 Å². The molecule has 1 aliphatic rings. The van der Waals surface area contributed by atoms with Crippen LogP contribution in [0.2, 0.25) is 0 Å². The van der Waals surface area contributed by atoms with Crippen LogP contribution in [-0.2, 0) is 7.05 Å². The average Bonchev–Trinajstić information content (AvgIpc) is 3.56. The van der Waals surface area contributed by atoms with Crippen LogP contribution in [0.3, 0.4) is 0 Å². The van der Waals surface area contributed by atoms with Gasteiger partial charge in [0.15, 0.2) is 6.20 Å². The van der Waals surface area contributed by atoms with Crippen LogP contribution < -0.4 is 4.57 Å². The highest BCUT2D eigenvalue weighted by Crippen LogP contribution is 2.42. The van der Waals surface area contributed by atoms with Crippen molar-refractivity contribution in [3.8, 4) is 28.5 Å². The summed E-state index contributed by atoms with van der Waals surface area (Å²) >= 11 is 0. The fourth-order valence-electron chi connectivity index (χ4n) is 5.16. The summed E-state index contributed by atoms with van der Waals surface area (Å²) in [6, 6.07) is 11.4. The highest BCUT2D eigenvalue weighted by atomic mass is 16.3. The molecule has 2 aromatic heterocycles. The molecule has 5 aromatic rings. The molecule has 1 saturated carbocycles. The lowest BCUT2D eigenvalue weighted by Crippen LogP contribution is -2.31. The van der Waals surface area contributed by atoms with Crippen molar-refractivity contribution >= 4 is 21.9 Å². The summed E-state index contributed by atoms with van der Waals surface area (Å²) in [5.74, 6) is -0.624. The highest BCUT2D eigenvalue weighted by molar-refractivity contribution is 6.15. The van der Waals surface area contributed by atoms with Gasteiger partial charge >= 0.3 is 0 Å². The van der Waals surface area contributed by atoms with Crippen LogP contribution in [0.1, 0.15) is 56.5 Å². The molecule has 34 heavy (non-hydrogen) atoms. The Labute approximate surface area is 208 Å². The summed E-state index contributed by atoms with van der Waals surface area (Å²) in [6.45, 7) is 1.99. The van der Waals surface area contributed by atoms with Gasteiger partial charge in [-0.2, -0.15) is 5.26 Å². The Balaban J connectivity index is 1.70. The predicted molar refractivity (Wildman–Crippen MR) is 136 cm³/mol. The third-order valence-corrected chi connectivity index (χ3v) is 6.91. The maximum Gasteiger partial charge on any atom is 0.216 e. The summed E-state index contributed by atoms with van der Waals surface area (Å²) in [4.78, 5) is 0. The molecule has 0 N–H and O–H groups in total. The van der Waals surface area contributed by atoms with Crippen molar-refractivity contribution in [2.45, 2.75) is 38.5 Å². The normalized spacial score (nSPS) is 17.6. The molecule has 0 atom stereocenters. The van der Waals surface area contributed by atoms with E-state index in [1.165, 1.54) is 0 Å². The minimum atomic E-state index is -0.624. The van der Waals surface area contributed by atoms with E-state index in [1.54, 1.807) is 12.1 Å². The first-order valence-electron chi connectivity index (χ1n) is 14.5. The van der Waals surface area contributed by atoms with Gasteiger partial charge in [0.25, 0.3) is 0 Å². The van der Waals surface area contributed by atoms with Gasteiger partial charge in [0.05, 0.1) is 24.0 Å². The third-order valence-electron chi connectivity index (χ3n) is 6.91. The van der Waals surface area contributed by atoms with Gasteiger partial charge in [-0.1, -0.05) is 55.2 Å². The Morgan fingerprint density at radius 2 is 1.85 bits per heavy atom. The Hall–Kier alpha value is -3.90. The number of benzene rings is 3. The van der Waals surface area contributed by atoms with Crippen molar-refractivity contribution in [2.24, 2.45) is 7.05 Å². The van der Waals surface area contributed by atoms with Gasteiger partial charge in [0.2, 0.25) is 5.69 Å². The van der Waals surface area contributed by atoms with Crippen LogP contribution in [0.4, 0.5) is 0 Å². The van der Waals surface area contributed by atoms with Crippen molar-refractivity contribution in [1.29, 1.82) is 5.26 Å². The molecule has 166 valence electrons. The van der Waals surface area contributed by atoms with Crippen LogP contribution in [0.5, 0.6) is 0 Å². The number of furan rings is 1. The topological polar surface area (TPSA) is 40.8 Å². The van der Waals surface area contributed by atoms with E-state index in [-0.39, 0.29) is 17.6 Å². The van der Waals surface area contributed by atoms with E-state index in [1.807, 2.05) is 42.9 Å². The van der Waals surface area contributed by atoms with Gasteiger partial charge < -0.3 is 4.42 Å². The first-order chi connectivity index (χ1) is 19.1. The first-order valence-corrected chi connectivity index (χ1v) is 11.5. The number of nitriles is 1. The van der Waals surface area contributed by atoms with Gasteiger partial charge in [-0.05, 0) is 54.5 Å². The Kier molecular flexibility index (Phi) is 3.62. The second-order valence-corrected chi connectivity index (χ2v) is 8.94. The van der Waals surface area contributed by atoms with Crippen LogP contribution >= 0.6 is 0 Å². The lowest BCUT2D eigenvalue weighted by Gasteiger charge is -2.11. The standard InChI is InChI=1S/C31H27N2O/c1-20-12-14-26-29-24(19-32)13-15-25(22-10-4-3-5-11-22)30(29)34-31(26)28(20)27-18-23(16-17-33(27)2)21-8-6-7-9-21/h3-5,10-18,21H,6-9H2,1-2H3/q+1/i3D,4D,5D,10D,11D,21D. The molecule has 0 bridgehead atoms. The molecule has 0 saturated heterocycles. The minimum absolute atomic E-state index is 0.0303. The van der Waals surface area contributed by atoms with Gasteiger partial charge in [-0.25, -0.2) is 4.57 Å². The Morgan fingerprint density at radius 1 is 1.06 bits per heavy atom. The van der Waals surface area contributed by atoms with E-state index in [4.69, 9.17) is 12.6 Å². The molecule has 2 heterocycles. The number of hydrogen-bond acceptors (Lipinski definition) is 2. The molecule has 3 nitrogen and oxygen atoms in total. The number of hydrogen-bond donors (Lipinski definition) is 0. The summed E-state index contributed by atoms with van der Waals surface area (Å²) in [6.07, 6.45) is 5.69. The molecule has 0 aliphatic heterocycles. The van der Waals surface area contributed by atoms with E-state index in [0.717, 1.165) is 48.1 Å². The van der Waals surface area contributed by atoms with Crippen molar-refractivity contribution < 1.29 is 17.2 Å². The first kappa shape index (κ1) is 15.1. The smallest absolute Gasteiger partial charge is 0.216 e. The van der Waals surface area contributed by atoms with Gasteiger partial charge in [-0.3, -0.25) is 0 Å². The Morgan fingerprint density at radius 3 is 2.62 bits per heavy atom. The molecule has 0 unspecified atom stereocenters. The molecule has 0 amide bonds. The molecular weight excluding hydrogens is 416 g/mol. The third kappa shape index (κ3) is 3.22. The zero-order valence-electron chi connectivity index (χ0n) is 25.2. The van der Waals surface area contributed by atoms with Crippen LogP contribution in [0.25, 0.3) is 44.3 Å². The SMILES string of the molecule is [2H]c1c([2H])c([2H])c(-c2ccc(C#N)c3c2oc2c(-c4cc(C5([2H])CCCC5)cc[n+]4C)c(C)ccc23)c([2H])c1[2H]. The predicted octanol–water partition coefficient (Wildman–Crippen LogP) is 7.58. The monoisotopic (exact) mass is 449 g/mol.